The zero-order valence-electron chi connectivity index (χ0n) is 7.71. The highest BCUT2D eigenvalue weighted by Gasteiger charge is 2.04. The predicted octanol–water partition coefficient (Wildman–Crippen LogP) is 1.73. The molecule has 68 valence electrons. The molecule has 0 aliphatic carbocycles. The number of hydrogen-bond donors (Lipinski definition) is 0. The summed E-state index contributed by atoms with van der Waals surface area (Å²) in [5, 5.41) is 0. The van der Waals surface area contributed by atoms with E-state index < -0.39 is 0 Å². The van der Waals surface area contributed by atoms with Gasteiger partial charge in [0.05, 0.1) is 6.54 Å². The summed E-state index contributed by atoms with van der Waals surface area (Å²) in [7, 11) is 4.09. The molecule has 0 aliphatic heterocycles. The Morgan fingerprint density at radius 2 is 2.25 bits per heavy atom. The van der Waals surface area contributed by atoms with E-state index in [1.54, 1.807) is 0 Å². The summed E-state index contributed by atoms with van der Waals surface area (Å²) in [6.45, 7) is 3.98. The molecule has 0 radical (unpaired) electrons. The quantitative estimate of drug-likeness (QED) is 0.791. The molecule has 0 atom stereocenters. The van der Waals surface area contributed by atoms with E-state index in [1.807, 2.05) is 20.3 Å². The minimum absolute atomic E-state index is 0.888. The molecule has 3 nitrogen and oxygen atoms in total. The zero-order valence-corrected chi connectivity index (χ0v) is 9.30. The van der Waals surface area contributed by atoms with Gasteiger partial charge < -0.3 is 9.47 Å². The van der Waals surface area contributed by atoms with Crippen LogP contribution in [-0.2, 0) is 13.1 Å². The van der Waals surface area contributed by atoms with Crippen LogP contribution in [0.2, 0.25) is 0 Å². The molecule has 0 fully saturated rings. The monoisotopic (exact) mass is 231 g/mol. The third-order valence-corrected chi connectivity index (χ3v) is 2.01. The number of rotatable bonds is 3. The molecule has 0 saturated carbocycles. The van der Waals surface area contributed by atoms with Crippen LogP contribution >= 0.6 is 15.9 Å². The summed E-state index contributed by atoms with van der Waals surface area (Å²) >= 11 is 3.36. The van der Waals surface area contributed by atoms with Gasteiger partial charge in [0.15, 0.2) is 0 Å². The summed E-state index contributed by atoms with van der Waals surface area (Å²) in [5.41, 5.74) is 0. The Labute approximate surface area is 81.5 Å². The van der Waals surface area contributed by atoms with Crippen molar-refractivity contribution in [2.75, 3.05) is 14.1 Å². The zero-order chi connectivity index (χ0) is 9.14. The number of nitrogens with zero attached hydrogens (tertiary/aromatic N) is 3. The Bertz CT molecular complexity index is 255. The Kier molecular flexibility index (Phi) is 3.29. The van der Waals surface area contributed by atoms with Gasteiger partial charge in [-0.15, -0.1) is 0 Å². The van der Waals surface area contributed by atoms with E-state index in [4.69, 9.17) is 0 Å². The predicted molar refractivity (Wildman–Crippen MR) is 53.0 cm³/mol. The van der Waals surface area contributed by atoms with E-state index in [1.165, 1.54) is 0 Å². The van der Waals surface area contributed by atoms with Crippen LogP contribution in [-0.4, -0.2) is 28.5 Å². The highest BCUT2D eigenvalue weighted by atomic mass is 79.9. The van der Waals surface area contributed by atoms with E-state index in [9.17, 15) is 0 Å². The molecule has 0 saturated heterocycles. The van der Waals surface area contributed by atoms with Crippen molar-refractivity contribution >= 4 is 15.9 Å². The molecular weight excluding hydrogens is 218 g/mol. The highest BCUT2D eigenvalue weighted by molar-refractivity contribution is 9.10. The molecule has 0 amide bonds. The Morgan fingerprint density at radius 1 is 1.58 bits per heavy atom. The van der Waals surface area contributed by atoms with Crippen LogP contribution < -0.4 is 0 Å². The van der Waals surface area contributed by atoms with Crippen LogP contribution in [0.1, 0.15) is 12.7 Å². The fourth-order valence-corrected chi connectivity index (χ4v) is 1.55. The van der Waals surface area contributed by atoms with Crippen molar-refractivity contribution in [2.24, 2.45) is 0 Å². The van der Waals surface area contributed by atoms with Crippen molar-refractivity contribution in [3.05, 3.63) is 16.6 Å². The lowest BCUT2D eigenvalue weighted by atomic mass is 10.5. The second-order valence-electron chi connectivity index (χ2n) is 3.00. The lowest BCUT2D eigenvalue weighted by Gasteiger charge is -2.09. The summed E-state index contributed by atoms with van der Waals surface area (Å²) in [4.78, 5) is 6.47. The third-order valence-electron chi connectivity index (χ3n) is 1.63. The van der Waals surface area contributed by atoms with Crippen molar-refractivity contribution in [1.82, 2.24) is 14.5 Å². The molecule has 4 heteroatoms. The summed E-state index contributed by atoms with van der Waals surface area (Å²) in [6.07, 6.45) is 2.01. The first kappa shape index (κ1) is 9.74. The van der Waals surface area contributed by atoms with E-state index in [2.05, 4.69) is 37.3 Å². The normalized spacial score (nSPS) is 11.1. The molecule has 1 aromatic rings. The number of aryl methyl sites for hydroxylation is 1. The Hall–Kier alpha value is -0.350. The fourth-order valence-electron chi connectivity index (χ4n) is 1.10. The van der Waals surface area contributed by atoms with E-state index in [0.717, 1.165) is 23.5 Å². The van der Waals surface area contributed by atoms with Gasteiger partial charge in [-0.1, -0.05) is 0 Å². The minimum atomic E-state index is 0.888. The first-order chi connectivity index (χ1) is 5.63. The van der Waals surface area contributed by atoms with E-state index in [-0.39, 0.29) is 0 Å². The Balaban J connectivity index is 2.81. The number of aromatic nitrogens is 2. The molecule has 12 heavy (non-hydrogen) atoms. The summed E-state index contributed by atoms with van der Waals surface area (Å²) < 4.78 is 3.06. The van der Waals surface area contributed by atoms with Crippen molar-refractivity contribution in [2.45, 2.75) is 20.0 Å². The van der Waals surface area contributed by atoms with Gasteiger partial charge in [0.25, 0.3) is 0 Å². The molecule has 0 aromatic carbocycles. The largest absolute Gasteiger partial charge is 0.333 e. The molecule has 0 aliphatic rings. The van der Waals surface area contributed by atoms with Crippen molar-refractivity contribution in [3.8, 4) is 0 Å². The van der Waals surface area contributed by atoms with Crippen molar-refractivity contribution in [1.29, 1.82) is 0 Å². The maximum Gasteiger partial charge on any atom is 0.124 e. The molecule has 1 aromatic heterocycles. The van der Waals surface area contributed by atoms with Gasteiger partial charge in [-0.25, -0.2) is 4.98 Å². The van der Waals surface area contributed by atoms with Gasteiger partial charge >= 0.3 is 0 Å². The Morgan fingerprint density at radius 3 is 2.75 bits per heavy atom. The van der Waals surface area contributed by atoms with Crippen molar-refractivity contribution < 1.29 is 0 Å². The number of halogens is 1. The van der Waals surface area contributed by atoms with Crippen LogP contribution in [0.4, 0.5) is 0 Å². The first-order valence-corrected chi connectivity index (χ1v) is 4.79. The van der Waals surface area contributed by atoms with Gasteiger partial charge in [-0.3, -0.25) is 0 Å². The lowest BCUT2D eigenvalue weighted by Crippen LogP contribution is -2.14. The lowest BCUT2D eigenvalue weighted by molar-refractivity contribution is 0.381. The third kappa shape index (κ3) is 2.32. The van der Waals surface area contributed by atoms with Crippen molar-refractivity contribution in [3.63, 3.8) is 0 Å². The standard InChI is InChI=1S/C8H14BrN3/c1-4-12-5-7(9)10-8(12)6-11(2)3/h5H,4,6H2,1-3H3. The molecular formula is C8H14BrN3. The second-order valence-corrected chi connectivity index (χ2v) is 3.82. The van der Waals surface area contributed by atoms with Crippen LogP contribution in [0, 0.1) is 0 Å². The average molecular weight is 232 g/mol. The number of hydrogen-bond acceptors (Lipinski definition) is 2. The molecule has 1 rings (SSSR count). The molecule has 0 bridgehead atoms. The van der Waals surface area contributed by atoms with Crippen LogP contribution in [0.25, 0.3) is 0 Å². The highest BCUT2D eigenvalue weighted by Crippen LogP contribution is 2.10. The smallest absolute Gasteiger partial charge is 0.124 e. The van der Waals surface area contributed by atoms with Crippen LogP contribution in [0.5, 0.6) is 0 Å². The van der Waals surface area contributed by atoms with Gasteiger partial charge in [-0.2, -0.15) is 0 Å². The van der Waals surface area contributed by atoms with Gasteiger partial charge in [-0.05, 0) is 36.9 Å². The van der Waals surface area contributed by atoms with E-state index in [0.29, 0.717) is 0 Å². The summed E-state index contributed by atoms with van der Waals surface area (Å²) in [6, 6.07) is 0. The maximum absolute atomic E-state index is 4.36. The fraction of sp³-hybridized carbons (Fsp3) is 0.625. The maximum atomic E-state index is 4.36. The number of imidazole rings is 1. The first-order valence-electron chi connectivity index (χ1n) is 3.99. The topological polar surface area (TPSA) is 21.1 Å². The molecule has 0 unspecified atom stereocenters. The summed E-state index contributed by atoms with van der Waals surface area (Å²) in [5.74, 6) is 1.11. The second kappa shape index (κ2) is 4.05. The molecule has 1 heterocycles. The molecule has 0 spiro atoms. The van der Waals surface area contributed by atoms with E-state index >= 15 is 0 Å². The van der Waals surface area contributed by atoms with Crippen LogP contribution in [0.15, 0.2) is 10.8 Å². The SMILES string of the molecule is CCn1cc(Br)nc1CN(C)C. The molecule has 0 N–H and O–H groups in total. The average Bonchev–Trinajstić information content (AvgIpc) is 2.29. The van der Waals surface area contributed by atoms with Gasteiger partial charge in [0.1, 0.15) is 10.4 Å². The van der Waals surface area contributed by atoms with Gasteiger partial charge in [0, 0.05) is 12.7 Å². The van der Waals surface area contributed by atoms with Gasteiger partial charge in [0.2, 0.25) is 0 Å². The minimum Gasteiger partial charge on any atom is -0.333 e. The van der Waals surface area contributed by atoms with Crippen LogP contribution in [0.3, 0.4) is 0 Å².